The van der Waals surface area contributed by atoms with Crippen LogP contribution in [0.3, 0.4) is 0 Å². The zero-order chi connectivity index (χ0) is 50.6. The predicted molar refractivity (Wildman–Crippen MR) is 269 cm³/mol. The number of nitrogens with one attached hydrogen (secondary N) is 1. The molecule has 68 heavy (non-hydrogen) atoms. The molecule has 1 amide bonds. The van der Waals surface area contributed by atoms with Crippen molar-refractivity contribution < 1.29 is 62.0 Å². The summed E-state index contributed by atoms with van der Waals surface area (Å²) >= 11 is 2.09. The third kappa shape index (κ3) is 9.19. The SMILES string of the molecule is CC[Si](CC)(CC)O[C@H]1C[C@H](I)[C@@](O)(CO)[C@H]2[C@@H]3OC(=O)O[C@]34C[C@H](OC(=O)[C@H](O[Si](C)(C)C(C)(C)C)[C@@H](NC(=O)c3ccccc3)c3ccccc3)C(C)=C([C@@H](OC(C)=O)C(=O)[C@]12C)C4(C)C. The van der Waals surface area contributed by atoms with Crippen molar-refractivity contribution in [1.29, 1.82) is 0 Å². The molecule has 1 aliphatic heterocycles. The first-order valence-corrected chi connectivity index (χ1v) is 30.6. The summed E-state index contributed by atoms with van der Waals surface area (Å²) < 4.78 is 39.1. The topological polar surface area (TPSA) is 193 Å². The van der Waals surface area contributed by atoms with Crippen LogP contribution in [0.4, 0.5) is 4.79 Å². The molecule has 0 radical (unpaired) electrons. The number of hydrogen-bond acceptors (Lipinski definition) is 13. The minimum Gasteiger partial charge on any atom is -0.456 e. The fourth-order valence-electron chi connectivity index (χ4n) is 11.2. The van der Waals surface area contributed by atoms with Crippen LogP contribution in [-0.2, 0) is 42.2 Å². The number of fused-ring (bicyclic) bond motifs is 3. The van der Waals surface area contributed by atoms with E-state index in [9.17, 15) is 24.6 Å². The highest BCUT2D eigenvalue weighted by molar-refractivity contribution is 14.1. The van der Waals surface area contributed by atoms with Crippen LogP contribution in [0.25, 0.3) is 0 Å². The van der Waals surface area contributed by atoms with E-state index in [0.717, 1.165) is 18.1 Å². The summed E-state index contributed by atoms with van der Waals surface area (Å²) in [5.74, 6) is -4.06. The average Bonchev–Trinajstić information content (AvgIpc) is 3.62. The number of carbonyl (C=O) groups excluding carboxylic acids is 5. The Morgan fingerprint density at radius 3 is 2.04 bits per heavy atom. The van der Waals surface area contributed by atoms with E-state index in [1.54, 1.807) is 82.3 Å². The molecule has 11 atom stereocenters. The molecule has 0 unspecified atom stereocenters. The molecule has 2 aromatic carbocycles. The lowest BCUT2D eigenvalue weighted by Crippen LogP contribution is -2.77. The zero-order valence-electron chi connectivity index (χ0n) is 41.9. The molecule has 1 heterocycles. The number of alkyl halides is 1. The largest absolute Gasteiger partial charge is 0.509 e. The Balaban J connectivity index is 1.59. The molecule has 2 bridgehead atoms. The summed E-state index contributed by atoms with van der Waals surface area (Å²) in [6, 6.07) is 18.8. The minimum absolute atomic E-state index is 0.160. The lowest BCUT2D eigenvalue weighted by Gasteiger charge is -2.63. The number of ether oxygens (including phenoxy) is 4. The number of halogens is 1. The van der Waals surface area contributed by atoms with Crippen LogP contribution in [-0.4, -0.2) is 109 Å². The highest BCUT2D eigenvalue weighted by Gasteiger charge is 2.78. The summed E-state index contributed by atoms with van der Waals surface area (Å²) in [6.45, 7) is 23.6. The second-order valence-electron chi connectivity index (χ2n) is 21.5. The number of benzene rings is 2. The second kappa shape index (κ2) is 19.6. The Labute approximate surface area is 417 Å². The number of esters is 2. The molecule has 3 aliphatic carbocycles. The highest BCUT2D eigenvalue weighted by Crippen LogP contribution is 2.66. The number of hydrogen-bond donors (Lipinski definition) is 3. The van der Waals surface area contributed by atoms with Gasteiger partial charge >= 0.3 is 18.1 Å². The molecule has 2 saturated carbocycles. The molecule has 374 valence electrons. The first kappa shape index (κ1) is 53.9. The fraction of sp³-hybridized carbons (Fsp3) is 0.627. The van der Waals surface area contributed by atoms with E-state index in [4.69, 9.17) is 27.8 Å². The molecule has 3 fully saturated rings. The quantitative estimate of drug-likeness (QED) is 0.0383. The van der Waals surface area contributed by atoms with Gasteiger partial charge in [-0.3, -0.25) is 14.4 Å². The Morgan fingerprint density at radius 1 is 0.941 bits per heavy atom. The van der Waals surface area contributed by atoms with E-state index >= 15 is 9.59 Å². The van der Waals surface area contributed by atoms with Gasteiger partial charge in [0.25, 0.3) is 5.91 Å². The van der Waals surface area contributed by atoms with Crippen LogP contribution in [0.2, 0.25) is 36.3 Å². The Bertz CT molecular complexity index is 2260. The molecule has 17 heteroatoms. The standard InChI is InChI=1S/C51H72INO13Si2/c1-14-68(15-2,16-3)65-36-27-35(52)50(60,29-54)41-43-51(64-46(59)63-43)28-34(30(4)37(48(51,9)10)39(61-31(5)55)42(56)49(36,41)11)62-45(58)40(66-67(12,13)47(6,7)8)38(32-23-19-17-20-24-32)53-44(57)33-25-21-18-22-26-33/h17-26,34-36,38-41,43,54,60H,14-16,27-29H2,1-13H3,(H,53,57)/t34-,35-,36-,38-,39+,40+,41-,43-,49+,50-,51+/m0/s1. The van der Waals surface area contributed by atoms with Crippen molar-refractivity contribution in [2.75, 3.05) is 6.61 Å². The first-order chi connectivity index (χ1) is 31.6. The van der Waals surface area contributed by atoms with E-state index in [0.29, 0.717) is 16.7 Å². The highest BCUT2D eigenvalue weighted by atomic mass is 127. The third-order valence-electron chi connectivity index (χ3n) is 16.6. The monoisotopic (exact) mass is 1090 g/mol. The van der Waals surface area contributed by atoms with Crippen molar-refractivity contribution in [3.8, 4) is 0 Å². The van der Waals surface area contributed by atoms with Gasteiger partial charge in [0.05, 0.1) is 24.2 Å². The van der Waals surface area contributed by atoms with Crippen LogP contribution in [0, 0.1) is 16.7 Å². The number of aliphatic hydroxyl groups excluding tert-OH is 1. The minimum atomic E-state index is -2.87. The van der Waals surface area contributed by atoms with Gasteiger partial charge in [0.1, 0.15) is 11.7 Å². The molecule has 4 aliphatic rings. The molecule has 1 spiro atoms. The molecule has 6 rings (SSSR count). The van der Waals surface area contributed by atoms with Crippen LogP contribution in [0.1, 0.15) is 111 Å². The number of carbonyl (C=O) groups is 5. The zero-order valence-corrected chi connectivity index (χ0v) is 46.1. The number of ketones is 1. The van der Waals surface area contributed by atoms with Gasteiger partial charge < -0.3 is 43.3 Å². The molecule has 3 N–H and O–H groups in total. The first-order valence-electron chi connectivity index (χ1n) is 23.9. The van der Waals surface area contributed by atoms with Gasteiger partial charge in [-0.1, -0.05) is 127 Å². The maximum atomic E-state index is 16.1. The Kier molecular flexibility index (Phi) is 15.5. The van der Waals surface area contributed by atoms with Gasteiger partial charge in [0.15, 0.2) is 46.3 Å². The molecular weight excluding hydrogens is 1020 g/mol. The number of rotatable bonds is 15. The van der Waals surface area contributed by atoms with Gasteiger partial charge in [-0.2, -0.15) is 0 Å². The number of Topliss-reactive ketones (excluding diaryl/α,β-unsaturated/α-hetero) is 1. The summed E-state index contributed by atoms with van der Waals surface area (Å²) in [5.41, 5.74) is -5.43. The van der Waals surface area contributed by atoms with Crippen LogP contribution >= 0.6 is 22.6 Å². The van der Waals surface area contributed by atoms with E-state index in [2.05, 4.69) is 48.7 Å². The van der Waals surface area contributed by atoms with Gasteiger partial charge in [-0.25, -0.2) is 9.59 Å². The van der Waals surface area contributed by atoms with Crippen molar-refractivity contribution in [3.63, 3.8) is 0 Å². The lowest BCUT2D eigenvalue weighted by atomic mass is 9.46. The third-order valence-corrected chi connectivity index (χ3v) is 27.3. The molecule has 0 aromatic heterocycles. The van der Waals surface area contributed by atoms with Gasteiger partial charge in [-0.05, 0) is 85.4 Å². The maximum absolute atomic E-state index is 16.1. The summed E-state index contributed by atoms with van der Waals surface area (Å²) in [6.07, 6.45) is -7.76. The van der Waals surface area contributed by atoms with Crippen LogP contribution in [0.15, 0.2) is 71.8 Å². The maximum Gasteiger partial charge on any atom is 0.509 e. The smallest absolute Gasteiger partial charge is 0.456 e. The Morgan fingerprint density at radius 2 is 1.51 bits per heavy atom. The molecule has 2 aromatic rings. The molecular formula is C51H72INO13Si2. The van der Waals surface area contributed by atoms with Crippen molar-refractivity contribution in [2.24, 2.45) is 16.7 Å². The molecule has 1 saturated heterocycles. The van der Waals surface area contributed by atoms with Crippen molar-refractivity contribution in [3.05, 3.63) is 82.9 Å². The van der Waals surface area contributed by atoms with E-state index in [1.165, 1.54) is 6.92 Å². The van der Waals surface area contributed by atoms with E-state index in [1.807, 2.05) is 39.9 Å². The van der Waals surface area contributed by atoms with Gasteiger partial charge in [0, 0.05) is 34.2 Å². The van der Waals surface area contributed by atoms with E-state index in [-0.39, 0.29) is 18.4 Å². The average molecular weight is 1090 g/mol. The van der Waals surface area contributed by atoms with Crippen molar-refractivity contribution in [2.45, 2.75) is 177 Å². The van der Waals surface area contributed by atoms with E-state index < -0.39 is 127 Å². The summed E-state index contributed by atoms with van der Waals surface area (Å²) in [5, 5.41) is 27.0. The Hall–Kier alpha value is -3.47. The van der Waals surface area contributed by atoms with Crippen molar-refractivity contribution in [1.82, 2.24) is 5.32 Å². The summed E-state index contributed by atoms with van der Waals surface area (Å²) in [4.78, 5) is 73.0. The predicted octanol–water partition coefficient (Wildman–Crippen LogP) is 8.94. The summed E-state index contributed by atoms with van der Waals surface area (Å²) in [7, 11) is -5.40. The van der Waals surface area contributed by atoms with Gasteiger partial charge in [-0.15, -0.1) is 0 Å². The van der Waals surface area contributed by atoms with Crippen LogP contribution in [0.5, 0.6) is 0 Å². The second-order valence-corrected chi connectivity index (χ2v) is 32.5. The van der Waals surface area contributed by atoms with Crippen molar-refractivity contribution >= 4 is 69.0 Å². The fourth-order valence-corrected chi connectivity index (χ4v) is 16.4. The normalized spacial score (nSPS) is 31.2. The number of aliphatic hydroxyl groups is 2. The lowest BCUT2D eigenvalue weighted by molar-refractivity contribution is -0.231. The van der Waals surface area contributed by atoms with Gasteiger partial charge in [0.2, 0.25) is 0 Å². The number of amides is 1. The molecule has 14 nitrogen and oxygen atoms in total. The van der Waals surface area contributed by atoms with Crippen LogP contribution < -0.4 is 5.32 Å².